The van der Waals surface area contributed by atoms with Crippen LogP contribution >= 0.6 is 11.3 Å². The van der Waals surface area contributed by atoms with Crippen molar-refractivity contribution in [3.8, 4) is 22.5 Å². The summed E-state index contributed by atoms with van der Waals surface area (Å²) in [6.07, 6.45) is 3.85. The van der Waals surface area contributed by atoms with Crippen molar-refractivity contribution in [3.05, 3.63) is 109 Å². The molecule has 0 unspecified atom stereocenters. The summed E-state index contributed by atoms with van der Waals surface area (Å²) in [6.45, 7) is 11.0. The summed E-state index contributed by atoms with van der Waals surface area (Å²) >= 11 is 0.115. The molecule has 223 valence electrons. The third-order valence-corrected chi connectivity index (χ3v) is 14.9. The van der Waals surface area contributed by atoms with Gasteiger partial charge in [0.25, 0.3) is 0 Å². The molecule has 1 radical (unpaired) electrons. The molecule has 43 heavy (non-hydrogen) atoms. The Hall–Kier alpha value is -2.41. The van der Waals surface area contributed by atoms with Crippen LogP contribution in [0.15, 0.2) is 91.3 Å². The molecule has 0 bridgehead atoms. The van der Waals surface area contributed by atoms with Crippen LogP contribution in [-0.2, 0) is 20.1 Å². The first-order valence-electron chi connectivity index (χ1n) is 15.0. The van der Waals surface area contributed by atoms with Gasteiger partial charge in [0, 0.05) is 32.4 Å². The van der Waals surface area contributed by atoms with E-state index >= 15 is 0 Å². The molecule has 0 aliphatic heterocycles. The summed E-state index contributed by atoms with van der Waals surface area (Å²) in [6, 6.07) is 33.8. The number of thiophene rings is 1. The first-order valence-corrected chi connectivity index (χ1v) is 26.2. The zero-order valence-corrected chi connectivity index (χ0v) is 32.6. The van der Waals surface area contributed by atoms with Crippen LogP contribution in [0.1, 0.15) is 26.7 Å². The minimum atomic E-state index is -1.72. The molecule has 0 saturated heterocycles. The van der Waals surface area contributed by atoms with Crippen molar-refractivity contribution in [2.75, 3.05) is 0 Å². The maximum absolute atomic E-state index is 8.35. The third kappa shape index (κ3) is 7.64. The van der Waals surface area contributed by atoms with Crippen LogP contribution in [0.25, 0.3) is 42.7 Å². The van der Waals surface area contributed by atoms with E-state index in [-0.39, 0.29) is 20.1 Å². The van der Waals surface area contributed by atoms with Crippen molar-refractivity contribution in [2.24, 2.45) is 0 Å². The molecule has 3 aromatic heterocycles. The largest absolute Gasteiger partial charge is 0 e. The van der Waals surface area contributed by atoms with Gasteiger partial charge in [-0.1, -0.05) is 67.8 Å². The predicted molar refractivity (Wildman–Crippen MR) is 190 cm³/mol. The molecular weight excluding hydrogens is 797 g/mol. The van der Waals surface area contributed by atoms with Crippen LogP contribution in [0.3, 0.4) is 0 Å². The van der Waals surface area contributed by atoms with Gasteiger partial charge < -0.3 is 4.98 Å². The molecule has 6 rings (SSSR count). The van der Waals surface area contributed by atoms with E-state index in [1.807, 2.05) is 80.0 Å². The Balaban J connectivity index is 0.000000223. The van der Waals surface area contributed by atoms with Gasteiger partial charge in [-0.3, -0.25) is 0 Å². The number of rotatable bonds is 5. The first kappa shape index (κ1) is 32.0. The van der Waals surface area contributed by atoms with E-state index in [4.69, 9.17) is 1.37 Å². The Morgan fingerprint density at radius 1 is 0.860 bits per heavy atom. The fraction of sp³-hybridized carbons (Fsp3) is 0.243. The molecule has 0 fully saturated rings. The van der Waals surface area contributed by atoms with Gasteiger partial charge >= 0.3 is 99.8 Å². The zero-order valence-electron chi connectivity index (χ0n) is 27.3. The van der Waals surface area contributed by atoms with Crippen molar-refractivity contribution >= 4 is 62.4 Å². The average Bonchev–Trinajstić information content (AvgIpc) is 3.36. The molecule has 0 saturated carbocycles. The second-order valence-corrected chi connectivity index (χ2v) is 29.8. The van der Waals surface area contributed by atoms with Crippen LogP contribution in [0.5, 0.6) is 0 Å². The molecular formula is C37H40GeIrN2SSi-2. The van der Waals surface area contributed by atoms with Gasteiger partial charge in [-0.25, -0.2) is 0 Å². The predicted octanol–water partition coefficient (Wildman–Crippen LogP) is 9.68. The molecule has 6 aromatic rings. The van der Waals surface area contributed by atoms with Crippen LogP contribution in [-0.4, -0.2) is 31.3 Å². The summed E-state index contributed by atoms with van der Waals surface area (Å²) in [5.74, 6) is 6.50. The first-order chi connectivity index (χ1) is 20.2. The Kier molecular flexibility index (Phi) is 10.2. The summed E-state index contributed by atoms with van der Waals surface area (Å²) in [7, 11) is -1.45. The van der Waals surface area contributed by atoms with E-state index in [0.717, 1.165) is 28.1 Å². The molecule has 0 amide bonds. The summed E-state index contributed by atoms with van der Waals surface area (Å²) < 4.78 is 12.4. The van der Waals surface area contributed by atoms with Crippen LogP contribution < -0.4 is 9.58 Å². The van der Waals surface area contributed by atoms with E-state index in [1.165, 1.54) is 29.8 Å². The van der Waals surface area contributed by atoms with Crippen LogP contribution in [0.2, 0.25) is 36.9 Å². The van der Waals surface area contributed by atoms with Crippen molar-refractivity contribution in [3.63, 3.8) is 0 Å². The number of hydrogen-bond acceptors (Lipinski definition) is 3. The summed E-state index contributed by atoms with van der Waals surface area (Å²) in [4.78, 5) is 9.15. The van der Waals surface area contributed by atoms with Crippen molar-refractivity contribution in [2.45, 2.75) is 56.7 Å². The van der Waals surface area contributed by atoms with E-state index in [0.29, 0.717) is 0 Å². The minimum Gasteiger partial charge on any atom is 0 e. The Bertz CT molecular complexity index is 1870. The fourth-order valence-corrected chi connectivity index (χ4v) is 10.1. The van der Waals surface area contributed by atoms with E-state index in [1.54, 1.807) is 0 Å². The number of fused-ring (bicyclic) bond motifs is 3. The van der Waals surface area contributed by atoms with Gasteiger partial charge in [0.1, 0.15) is 0 Å². The molecule has 0 spiro atoms. The normalized spacial score (nSPS) is 12.3. The van der Waals surface area contributed by atoms with Gasteiger partial charge in [-0.05, 0) is 33.8 Å². The number of pyridine rings is 2. The summed E-state index contributed by atoms with van der Waals surface area (Å²) in [5.41, 5.74) is 4.99. The topological polar surface area (TPSA) is 25.8 Å². The van der Waals surface area contributed by atoms with Crippen molar-refractivity contribution < 1.29 is 21.5 Å². The monoisotopic (exact) mass is 840 g/mol. The average molecular weight is 839 g/mol. The van der Waals surface area contributed by atoms with Crippen LogP contribution in [0, 0.1) is 12.1 Å². The molecule has 2 nitrogen and oxygen atoms in total. The second kappa shape index (κ2) is 13.7. The molecule has 6 heteroatoms. The second-order valence-electron chi connectivity index (χ2n) is 13.0. The van der Waals surface area contributed by atoms with Gasteiger partial charge in [0.05, 0.1) is 8.07 Å². The zero-order chi connectivity index (χ0) is 31.0. The number of aromatic nitrogens is 2. The Morgan fingerprint density at radius 2 is 1.65 bits per heavy atom. The number of benzene rings is 3. The minimum absolute atomic E-state index is 0. The quantitative estimate of drug-likeness (QED) is 0.128. The summed E-state index contributed by atoms with van der Waals surface area (Å²) in [5, 5.41) is 4.22. The van der Waals surface area contributed by atoms with Gasteiger partial charge in [-0.2, -0.15) is 11.3 Å². The molecule has 0 N–H and O–H groups in total. The molecule has 3 heterocycles. The Morgan fingerprint density at radius 3 is 2.28 bits per heavy atom. The number of hydrogen-bond donors (Lipinski definition) is 0. The smallest absolute Gasteiger partial charge is 0 e. The molecule has 0 atom stereocenters. The maximum Gasteiger partial charge on any atom is 0 e. The standard InChI is InChI=1S/C23H24NSSi.C14H16GeN.Ir/c1-15(2)16-12-13-24-19(14-16)17-8-6-9-18-22-20(25-23(17)18)10-7-11-21(22)26(3,4)5;1-15(2,3)13-9-10-14(16-11-13)12-7-5-4-6-8-12;/h6-7,9-15H,1-5H3;4-7,9-11H,1-3H3;/q2*-1;/i15D;;. The van der Waals surface area contributed by atoms with E-state index in [2.05, 4.69) is 95.4 Å². The number of nitrogens with zero attached hydrogens (tertiary/aromatic N) is 2. The van der Waals surface area contributed by atoms with Crippen molar-refractivity contribution in [1.29, 1.82) is 0 Å². The van der Waals surface area contributed by atoms with Crippen molar-refractivity contribution in [1.82, 2.24) is 9.97 Å². The SMILES string of the molecule is [2H]C(C)(C)c1ccnc(-c2[c-]ccc3c2sc2cccc([Si](C)(C)C)c23)c1.[CH3][Ge]([CH3])([CH3])[c]1ccc(-c2[c-]cccc2)nc1.[Ir]. The maximum atomic E-state index is 8.35. The van der Waals surface area contributed by atoms with Gasteiger partial charge in [0.15, 0.2) is 0 Å². The fourth-order valence-electron chi connectivity index (χ4n) is 5.03. The third-order valence-electron chi connectivity index (χ3n) is 7.47. The van der Waals surface area contributed by atoms with Gasteiger partial charge in [0.2, 0.25) is 0 Å². The molecule has 0 aliphatic rings. The van der Waals surface area contributed by atoms with E-state index in [9.17, 15) is 0 Å². The van der Waals surface area contributed by atoms with E-state index < -0.39 is 27.2 Å². The molecule has 0 aliphatic carbocycles. The Labute approximate surface area is 280 Å². The van der Waals surface area contributed by atoms with Gasteiger partial charge in [-0.15, -0.1) is 23.8 Å². The van der Waals surface area contributed by atoms with Crippen LogP contribution in [0.4, 0.5) is 0 Å². The molecule has 3 aromatic carbocycles.